The van der Waals surface area contributed by atoms with Crippen molar-refractivity contribution >= 4 is 5.78 Å². The Bertz CT molecular complexity index is 158. The molecule has 1 aliphatic rings. The highest BCUT2D eigenvalue weighted by molar-refractivity contribution is 5.75. The number of Topliss-reactive ketones (excluding diaryl/α,β-unsaturated/α-hetero) is 1. The molecule has 1 heteroatoms. The van der Waals surface area contributed by atoms with E-state index in [2.05, 4.69) is 13.8 Å². The largest absolute Gasteiger partial charge is 0.300 e. The summed E-state index contributed by atoms with van der Waals surface area (Å²) in [6.45, 7) is 6.30. The molecule has 0 saturated heterocycles. The van der Waals surface area contributed by atoms with Gasteiger partial charge in [0.2, 0.25) is 0 Å². The van der Waals surface area contributed by atoms with Gasteiger partial charge in [0.15, 0.2) is 0 Å². The van der Waals surface area contributed by atoms with Crippen molar-refractivity contribution in [2.45, 2.75) is 46.5 Å². The van der Waals surface area contributed by atoms with Crippen LogP contribution < -0.4 is 0 Å². The Morgan fingerprint density at radius 2 is 2.18 bits per heavy atom. The fourth-order valence-electron chi connectivity index (χ4n) is 2.16. The average molecular weight is 154 g/mol. The molecule has 0 aromatic carbocycles. The van der Waals surface area contributed by atoms with Crippen molar-refractivity contribution in [3.05, 3.63) is 0 Å². The Kier molecular flexibility index (Phi) is 2.36. The van der Waals surface area contributed by atoms with E-state index in [1.165, 1.54) is 19.3 Å². The first-order chi connectivity index (χ1) is 4.99. The van der Waals surface area contributed by atoms with Crippen LogP contribution in [0, 0.1) is 11.3 Å². The van der Waals surface area contributed by atoms with E-state index in [0.717, 1.165) is 6.42 Å². The van der Waals surface area contributed by atoms with Gasteiger partial charge in [-0.2, -0.15) is 0 Å². The molecule has 0 N–H and O–H groups in total. The molecule has 0 amide bonds. The normalized spacial score (nSPS) is 28.8. The van der Waals surface area contributed by atoms with Crippen molar-refractivity contribution in [2.75, 3.05) is 0 Å². The number of carbonyl (C=O) groups is 1. The Morgan fingerprint density at radius 1 is 1.55 bits per heavy atom. The minimum atomic E-state index is 0.354. The molecule has 0 aromatic heterocycles. The molecule has 1 unspecified atom stereocenters. The summed E-state index contributed by atoms with van der Waals surface area (Å²) in [6.07, 6.45) is 4.60. The maximum atomic E-state index is 10.8. The van der Waals surface area contributed by atoms with Gasteiger partial charge in [-0.1, -0.05) is 13.8 Å². The highest BCUT2D eigenvalue weighted by Crippen LogP contribution is 2.42. The second kappa shape index (κ2) is 2.96. The van der Waals surface area contributed by atoms with Crippen LogP contribution in [-0.4, -0.2) is 5.78 Å². The molecule has 1 rings (SSSR count). The number of ketones is 1. The topological polar surface area (TPSA) is 17.1 Å². The number of hydrogen-bond donors (Lipinski definition) is 0. The molecule has 0 heterocycles. The molecule has 1 saturated carbocycles. The Balaban J connectivity index is 2.36. The number of hydrogen-bond acceptors (Lipinski definition) is 1. The van der Waals surface area contributed by atoms with Crippen molar-refractivity contribution < 1.29 is 4.79 Å². The van der Waals surface area contributed by atoms with Crippen molar-refractivity contribution in [1.29, 1.82) is 0 Å². The maximum absolute atomic E-state index is 10.8. The molecular weight excluding hydrogens is 136 g/mol. The second-order valence-electron chi connectivity index (χ2n) is 4.68. The van der Waals surface area contributed by atoms with Crippen LogP contribution in [0.25, 0.3) is 0 Å². The summed E-state index contributed by atoms with van der Waals surface area (Å²) >= 11 is 0. The van der Waals surface area contributed by atoms with E-state index in [1.807, 2.05) is 0 Å². The lowest BCUT2D eigenvalue weighted by Crippen LogP contribution is -2.07. The molecule has 1 aliphatic carbocycles. The molecule has 0 spiro atoms. The van der Waals surface area contributed by atoms with Crippen molar-refractivity contribution in [3.8, 4) is 0 Å². The minimum absolute atomic E-state index is 0.354. The van der Waals surface area contributed by atoms with Crippen LogP contribution in [0.15, 0.2) is 0 Å². The third-order valence-corrected chi connectivity index (χ3v) is 2.65. The summed E-state index contributed by atoms with van der Waals surface area (Å²) in [5.41, 5.74) is 0.500. The van der Waals surface area contributed by atoms with Gasteiger partial charge in [0, 0.05) is 6.42 Å². The van der Waals surface area contributed by atoms with Crippen LogP contribution in [0.1, 0.15) is 46.5 Å². The maximum Gasteiger partial charge on any atom is 0.130 e. The molecule has 1 nitrogen and oxygen atoms in total. The van der Waals surface area contributed by atoms with Crippen molar-refractivity contribution in [2.24, 2.45) is 11.3 Å². The summed E-state index contributed by atoms with van der Waals surface area (Å²) in [5.74, 6) is 1.04. The van der Waals surface area contributed by atoms with E-state index < -0.39 is 0 Å². The van der Waals surface area contributed by atoms with Gasteiger partial charge in [0.25, 0.3) is 0 Å². The Hall–Kier alpha value is -0.330. The zero-order valence-corrected chi connectivity index (χ0v) is 7.81. The van der Waals surface area contributed by atoms with Gasteiger partial charge in [0.05, 0.1) is 0 Å². The van der Waals surface area contributed by atoms with Crippen LogP contribution in [0.3, 0.4) is 0 Å². The van der Waals surface area contributed by atoms with Crippen molar-refractivity contribution in [1.82, 2.24) is 0 Å². The fourth-order valence-corrected chi connectivity index (χ4v) is 2.16. The summed E-state index contributed by atoms with van der Waals surface area (Å²) in [5, 5.41) is 0. The zero-order valence-electron chi connectivity index (χ0n) is 7.81. The van der Waals surface area contributed by atoms with Crippen LogP contribution in [0.5, 0.6) is 0 Å². The van der Waals surface area contributed by atoms with E-state index in [1.54, 1.807) is 6.92 Å². The highest BCUT2D eigenvalue weighted by Gasteiger charge is 2.30. The molecule has 0 bridgehead atoms. The Labute approximate surface area is 69.2 Å². The van der Waals surface area contributed by atoms with E-state index in [9.17, 15) is 4.79 Å². The zero-order chi connectivity index (χ0) is 8.48. The number of rotatable bonds is 2. The standard InChI is InChI=1S/C10H18O/c1-8(11)6-9-4-5-10(2,3)7-9/h9H,4-7H2,1-3H3. The SMILES string of the molecule is CC(=O)CC1CCC(C)(C)C1. The molecular formula is C10H18O. The van der Waals surface area contributed by atoms with Gasteiger partial charge in [0.1, 0.15) is 5.78 Å². The lowest BCUT2D eigenvalue weighted by molar-refractivity contribution is -0.117. The second-order valence-corrected chi connectivity index (χ2v) is 4.68. The molecule has 11 heavy (non-hydrogen) atoms. The smallest absolute Gasteiger partial charge is 0.130 e. The first-order valence-electron chi connectivity index (χ1n) is 4.49. The quantitative estimate of drug-likeness (QED) is 0.597. The van der Waals surface area contributed by atoms with E-state index >= 15 is 0 Å². The van der Waals surface area contributed by atoms with Gasteiger partial charge < -0.3 is 4.79 Å². The first kappa shape index (κ1) is 8.76. The van der Waals surface area contributed by atoms with E-state index in [-0.39, 0.29) is 0 Å². The summed E-state index contributed by atoms with van der Waals surface area (Å²) in [6, 6.07) is 0. The van der Waals surface area contributed by atoms with Crippen LogP contribution in [0.4, 0.5) is 0 Å². The van der Waals surface area contributed by atoms with E-state index in [4.69, 9.17) is 0 Å². The number of carbonyl (C=O) groups excluding carboxylic acids is 1. The van der Waals surface area contributed by atoms with Crippen molar-refractivity contribution in [3.63, 3.8) is 0 Å². The third kappa shape index (κ3) is 2.64. The van der Waals surface area contributed by atoms with Crippen LogP contribution in [0.2, 0.25) is 0 Å². The van der Waals surface area contributed by atoms with Gasteiger partial charge in [-0.15, -0.1) is 0 Å². The first-order valence-corrected chi connectivity index (χ1v) is 4.49. The summed E-state index contributed by atoms with van der Waals surface area (Å²) < 4.78 is 0. The van der Waals surface area contributed by atoms with Gasteiger partial charge >= 0.3 is 0 Å². The van der Waals surface area contributed by atoms with Gasteiger partial charge in [-0.05, 0) is 37.5 Å². The molecule has 1 atom stereocenters. The van der Waals surface area contributed by atoms with Crippen LogP contribution in [-0.2, 0) is 4.79 Å². The molecule has 64 valence electrons. The monoisotopic (exact) mass is 154 g/mol. The highest BCUT2D eigenvalue weighted by atomic mass is 16.1. The average Bonchev–Trinajstić information content (AvgIpc) is 2.08. The van der Waals surface area contributed by atoms with Crippen LogP contribution >= 0.6 is 0 Å². The summed E-state index contributed by atoms with van der Waals surface area (Å²) in [7, 11) is 0. The summed E-state index contributed by atoms with van der Waals surface area (Å²) in [4.78, 5) is 10.8. The minimum Gasteiger partial charge on any atom is -0.300 e. The lowest BCUT2D eigenvalue weighted by Gasteiger charge is -2.16. The third-order valence-electron chi connectivity index (χ3n) is 2.65. The molecule has 0 radical (unpaired) electrons. The van der Waals surface area contributed by atoms with Gasteiger partial charge in [-0.3, -0.25) is 0 Å². The molecule has 1 fully saturated rings. The fraction of sp³-hybridized carbons (Fsp3) is 0.900. The molecule has 0 aliphatic heterocycles. The predicted octanol–water partition coefficient (Wildman–Crippen LogP) is 2.79. The van der Waals surface area contributed by atoms with E-state index in [0.29, 0.717) is 17.1 Å². The Morgan fingerprint density at radius 3 is 2.55 bits per heavy atom. The lowest BCUT2D eigenvalue weighted by atomic mass is 9.89. The predicted molar refractivity (Wildman–Crippen MR) is 46.4 cm³/mol. The molecule has 0 aromatic rings. The van der Waals surface area contributed by atoms with Gasteiger partial charge in [-0.25, -0.2) is 0 Å².